The van der Waals surface area contributed by atoms with Gasteiger partial charge in [-0.1, -0.05) is 281 Å². The van der Waals surface area contributed by atoms with Crippen molar-refractivity contribution in [2.45, 2.75) is 321 Å². The third-order valence-corrected chi connectivity index (χ3v) is 13.1. The summed E-state index contributed by atoms with van der Waals surface area (Å²) in [5, 5.41) is 23.1. The molecule has 0 aliphatic rings. The number of aliphatic hydroxyl groups excluding tert-OH is 2. The number of aliphatic hydroxyl groups is 2. The van der Waals surface area contributed by atoms with E-state index in [1.54, 1.807) is 6.08 Å². The van der Waals surface area contributed by atoms with Crippen LogP contribution in [0, 0.1) is 0 Å². The number of hydrogen-bond acceptors (Lipinski definition) is 3. The van der Waals surface area contributed by atoms with Crippen LogP contribution in [0.5, 0.6) is 0 Å². The fourth-order valence-corrected chi connectivity index (χ4v) is 8.78. The van der Waals surface area contributed by atoms with Gasteiger partial charge in [0.25, 0.3) is 0 Å². The number of carbonyl (C=O) groups is 1. The third-order valence-electron chi connectivity index (χ3n) is 13.1. The normalized spacial score (nSPS) is 13.0. The van der Waals surface area contributed by atoms with Gasteiger partial charge in [-0.2, -0.15) is 0 Å². The molecule has 0 rings (SSSR count). The molecule has 0 heterocycles. The highest BCUT2D eigenvalue weighted by Gasteiger charge is 2.18. The van der Waals surface area contributed by atoms with Crippen LogP contribution in [0.15, 0.2) is 36.5 Å². The van der Waals surface area contributed by atoms with Crippen molar-refractivity contribution in [1.82, 2.24) is 5.32 Å². The van der Waals surface area contributed by atoms with Crippen LogP contribution in [0.2, 0.25) is 0 Å². The van der Waals surface area contributed by atoms with Crippen molar-refractivity contribution in [2.24, 2.45) is 0 Å². The van der Waals surface area contributed by atoms with Crippen molar-refractivity contribution in [1.29, 1.82) is 0 Å². The Morgan fingerprint density at radius 1 is 0.371 bits per heavy atom. The molecule has 0 aromatic heterocycles. The lowest BCUT2D eigenvalue weighted by molar-refractivity contribution is -0.123. The molecule has 4 heteroatoms. The molecule has 0 spiro atoms. The Morgan fingerprint density at radius 3 is 0.935 bits per heavy atom. The zero-order valence-corrected chi connectivity index (χ0v) is 42.2. The van der Waals surface area contributed by atoms with E-state index < -0.39 is 12.1 Å². The van der Waals surface area contributed by atoms with E-state index in [1.165, 1.54) is 257 Å². The van der Waals surface area contributed by atoms with E-state index in [-0.39, 0.29) is 12.5 Å². The van der Waals surface area contributed by atoms with Crippen LogP contribution in [-0.4, -0.2) is 34.9 Å². The van der Waals surface area contributed by atoms with Gasteiger partial charge >= 0.3 is 0 Å². The minimum absolute atomic E-state index is 0.0692. The maximum atomic E-state index is 12.5. The van der Waals surface area contributed by atoms with Gasteiger partial charge < -0.3 is 15.5 Å². The fraction of sp³-hybridized carbons (Fsp3) is 0.879. The van der Waals surface area contributed by atoms with Crippen molar-refractivity contribution in [3.05, 3.63) is 36.5 Å². The maximum absolute atomic E-state index is 12.5. The predicted octanol–water partition coefficient (Wildman–Crippen LogP) is 18.5. The van der Waals surface area contributed by atoms with Crippen molar-refractivity contribution in [3.8, 4) is 0 Å². The predicted molar refractivity (Wildman–Crippen MR) is 276 cm³/mol. The summed E-state index contributed by atoms with van der Waals surface area (Å²) in [6.07, 6.45) is 73.2. The highest BCUT2D eigenvalue weighted by molar-refractivity contribution is 5.76. The van der Waals surface area contributed by atoms with E-state index in [9.17, 15) is 15.0 Å². The molecule has 62 heavy (non-hydrogen) atoms. The summed E-state index contributed by atoms with van der Waals surface area (Å²) in [5.41, 5.74) is 0. The first-order valence-corrected chi connectivity index (χ1v) is 28.2. The molecule has 3 N–H and O–H groups in total. The van der Waals surface area contributed by atoms with E-state index in [4.69, 9.17) is 0 Å². The van der Waals surface area contributed by atoms with E-state index in [2.05, 4.69) is 43.5 Å². The smallest absolute Gasteiger partial charge is 0.220 e. The molecule has 0 radical (unpaired) electrons. The molecular formula is C58H111NO3. The van der Waals surface area contributed by atoms with Gasteiger partial charge in [-0.3, -0.25) is 4.79 Å². The molecule has 0 aliphatic heterocycles. The zero-order valence-electron chi connectivity index (χ0n) is 42.2. The molecule has 366 valence electrons. The minimum Gasteiger partial charge on any atom is -0.394 e. The summed E-state index contributed by atoms with van der Waals surface area (Å²) >= 11 is 0. The summed E-state index contributed by atoms with van der Waals surface area (Å²) in [6.45, 7) is 4.32. The molecule has 0 fully saturated rings. The van der Waals surface area contributed by atoms with Gasteiger partial charge in [0.15, 0.2) is 0 Å². The van der Waals surface area contributed by atoms with Crippen LogP contribution in [0.25, 0.3) is 0 Å². The van der Waals surface area contributed by atoms with Crippen molar-refractivity contribution in [2.75, 3.05) is 6.61 Å². The van der Waals surface area contributed by atoms with Gasteiger partial charge in [-0.25, -0.2) is 0 Å². The second-order valence-corrected chi connectivity index (χ2v) is 19.3. The Kier molecular flexibility index (Phi) is 52.7. The SMILES string of the molecule is CCCCCCCCCCCCC/C=C/CC/C=C/C(O)C(CO)NC(=O)CCCCCCCCCCCCCCCCCCC/C=C\CCCCCCCCCCCCCC. The van der Waals surface area contributed by atoms with Crippen molar-refractivity contribution < 1.29 is 15.0 Å². The molecule has 1 amide bonds. The van der Waals surface area contributed by atoms with Crippen LogP contribution in [-0.2, 0) is 4.79 Å². The summed E-state index contributed by atoms with van der Waals surface area (Å²) < 4.78 is 0. The molecule has 0 saturated heterocycles. The van der Waals surface area contributed by atoms with Crippen LogP contribution >= 0.6 is 0 Å². The number of rotatable bonds is 52. The second kappa shape index (κ2) is 53.9. The number of nitrogens with one attached hydrogen (secondary N) is 1. The Balaban J connectivity index is 3.46. The van der Waals surface area contributed by atoms with Crippen LogP contribution < -0.4 is 5.32 Å². The first kappa shape index (κ1) is 60.6. The van der Waals surface area contributed by atoms with Crippen molar-refractivity contribution in [3.63, 3.8) is 0 Å². The molecular weight excluding hydrogens is 759 g/mol. The fourth-order valence-electron chi connectivity index (χ4n) is 8.78. The summed E-state index contributed by atoms with van der Waals surface area (Å²) in [4.78, 5) is 12.5. The number of carbonyl (C=O) groups excluding carboxylic acids is 1. The van der Waals surface area contributed by atoms with Gasteiger partial charge in [-0.15, -0.1) is 0 Å². The quantitative estimate of drug-likeness (QED) is 0.0421. The topological polar surface area (TPSA) is 69.6 Å². The van der Waals surface area contributed by atoms with Crippen molar-refractivity contribution >= 4 is 5.91 Å². The lowest BCUT2D eigenvalue weighted by Gasteiger charge is -2.19. The van der Waals surface area contributed by atoms with E-state index in [0.29, 0.717) is 6.42 Å². The number of allylic oxidation sites excluding steroid dienone is 5. The minimum atomic E-state index is -0.861. The standard InChI is InChI=1S/C58H111NO3/c1-3-5-7-9-11-13-15-17-19-21-22-23-24-25-26-27-28-29-30-31-32-33-34-35-36-38-40-42-44-46-48-50-52-54-58(62)59-56(55-60)57(61)53-51-49-47-45-43-41-39-37-20-18-16-14-12-10-8-6-4-2/h25-26,43,45,51,53,56-57,60-61H,3-24,27-42,44,46-50,52,54-55H2,1-2H3,(H,59,62)/b26-25-,45-43+,53-51+. The van der Waals surface area contributed by atoms with Crippen LogP contribution in [0.1, 0.15) is 309 Å². The maximum Gasteiger partial charge on any atom is 0.220 e. The molecule has 0 aromatic rings. The Bertz CT molecular complexity index is 943. The summed E-state index contributed by atoms with van der Waals surface area (Å²) in [5.74, 6) is -0.0692. The van der Waals surface area contributed by atoms with Gasteiger partial charge in [0.1, 0.15) is 0 Å². The second-order valence-electron chi connectivity index (χ2n) is 19.3. The average molecular weight is 871 g/mol. The van der Waals surface area contributed by atoms with E-state index in [1.807, 2.05) is 6.08 Å². The van der Waals surface area contributed by atoms with E-state index >= 15 is 0 Å². The average Bonchev–Trinajstić information content (AvgIpc) is 3.28. The first-order chi connectivity index (χ1) is 30.7. The number of unbranched alkanes of at least 4 members (excludes halogenated alkanes) is 41. The largest absolute Gasteiger partial charge is 0.394 e. The number of hydrogen-bond donors (Lipinski definition) is 3. The van der Waals surface area contributed by atoms with Crippen LogP contribution in [0.3, 0.4) is 0 Å². The molecule has 2 atom stereocenters. The third kappa shape index (κ3) is 49.6. The monoisotopic (exact) mass is 870 g/mol. The highest BCUT2D eigenvalue weighted by atomic mass is 16.3. The van der Waals surface area contributed by atoms with E-state index in [0.717, 1.165) is 32.1 Å². The summed E-state index contributed by atoms with van der Waals surface area (Å²) in [7, 11) is 0. The molecule has 2 unspecified atom stereocenters. The first-order valence-electron chi connectivity index (χ1n) is 28.2. The molecule has 0 saturated carbocycles. The summed E-state index contributed by atoms with van der Waals surface area (Å²) in [6, 6.07) is -0.637. The Morgan fingerprint density at radius 2 is 0.629 bits per heavy atom. The van der Waals surface area contributed by atoms with Crippen LogP contribution in [0.4, 0.5) is 0 Å². The Hall–Kier alpha value is -1.39. The molecule has 4 nitrogen and oxygen atoms in total. The Labute approximate surface area is 389 Å². The molecule has 0 aliphatic carbocycles. The number of amides is 1. The highest BCUT2D eigenvalue weighted by Crippen LogP contribution is 2.17. The van der Waals surface area contributed by atoms with Gasteiger partial charge in [0, 0.05) is 6.42 Å². The lowest BCUT2D eigenvalue weighted by atomic mass is 10.0. The lowest BCUT2D eigenvalue weighted by Crippen LogP contribution is -2.45. The zero-order chi connectivity index (χ0) is 44.9. The van der Waals surface area contributed by atoms with Gasteiger partial charge in [-0.05, 0) is 57.8 Å². The molecule has 0 bridgehead atoms. The molecule has 0 aromatic carbocycles. The van der Waals surface area contributed by atoms with Gasteiger partial charge in [0.05, 0.1) is 18.8 Å². The van der Waals surface area contributed by atoms with Gasteiger partial charge in [0.2, 0.25) is 5.91 Å².